The third-order valence-electron chi connectivity index (χ3n) is 0. The van der Waals surface area contributed by atoms with Crippen LogP contribution in [-0.4, -0.2) is 0 Å². The number of hydrogen-bond acceptors (Lipinski definition) is 4. The molecule has 7 heavy (non-hydrogen) atoms. The summed E-state index contributed by atoms with van der Waals surface area (Å²) in [4.78, 5) is 25.6. The van der Waals surface area contributed by atoms with E-state index >= 15 is 0 Å². The molecule has 0 aliphatic carbocycles. The number of rotatable bonds is 0. The van der Waals surface area contributed by atoms with Crippen LogP contribution >= 0.6 is 7.82 Å². The first-order valence-corrected chi connectivity index (χ1v) is 2.19. The standard InChI is InChI=1S/Fe.K.H3O4P/c;;1-5(2,3)4/h;;(H3,1,2,3,4)/q+3;+1;/p-3. The topological polar surface area (TPSA) is 86.2 Å². The average Bonchev–Trinajstić information content (AvgIpc) is 0.722. The molecule has 0 aromatic heterocycles. The summed E-state index contributed by atoms with van der Waals surface area (Å²) in [5.74, 6) is 0. The van der Waals surface area contributed by atoms with Crippen LogP contribution in [0.1, 0.15) is 0 Å². The average molecular weight is 190 g/mol. The van der Waals surface area contributed by atoms with Gasteiger partial charge >= 0.3 is 68.5 Å². The molecule has 0 rings (SSSR count). The van der Waals surface area contributed by atoms with E-state index in [2.05, 4.69) is 0 Å². The summed E-state index contributed by atoms with van der Waals surface area (Å²) in [5, 5.41) is 0. The molecule has 0 unspecified atom stereocenters. The summed E-state index contributed by atoms with van der Waals surface area (Å²) in [6.45, 7) is 0. The SMILES string of the molecule is O=P([O-])([O-])[O-].[Fe+3].[K+]. The molecule has 0 aromatic rings. The maximum absolute atomic E-state index is 8.55. The van der Waals surface area contributed by atoms with Crippen molar-refractivity contribution in [2.75, 3.05) is 0 Å². The largest absolute Gasteiger partial charge is 3.00 e. The monoisotopic (exact) mass is 190 g/mol. The maximum atomic E-state index is 8.55. The van der Waals surface area contributed by atoms with E-state index < -0.39 is 7.82 Å². The zero-order valence-electron chi connectivity index (χ0n) is 3.43. The molecule has 0 aliphatic heterocycles. The summed E-state index contributed by atoms with van der Waals surface area (Å²) in [6, 6.07) is 0. The van der Waals surface area contributed by atoms with Gasteiger partial charge in [-0.15, -0.1) is 0 Å². The molecule has 0 heterocycles. The predicted molar refractivity (Wildman–Crippen MR) is 7.61 cm³/mol. The van der Waals surface area contributed by atoms with Crippen LogP contribution in [0.2, 0.25) is 0 Å². The Kier molecular flexibility index (Phi) is 14.7. The molecule has 0 spiro atoms. The van der Waals surface area contributed by atoms with Crippen molar-refractivity contribution in [1.29, 1.82) is 0 Å². The maximum Gasteiger partial charge on any atom is 3.00 e. The van der Waals surface area contributed by atoms with Crippen LogP contribution in [-0.2, 0) is 21.6 Å². The zero-order valence-corrected chi connectivity index (χ0v) is 8.56. The second kappa shape index (κ2) is 6.39. The van der Waals surface area contributed by atoms with Gasteiger partial charge in [0.2, 0.25) is 0 Å². The molecule has 37 valence electrons. The number of phosphoric acid groups is 1. The van der Waals surface area contributed by atoms with Crippen LogP contribution in [0.3, 0.4) is 0 Å². The Morgan fingerprint density at radius 1 is 1.14 bits per heavy atom. The van der Waals surface area contributed by atoms with Crippen LogP contribution in [0.4, 0.5) is 0 Å². The first kappa shape index (κ1) is 16.1. The van der Waals surface area contributed by atoms with E-state index in [4.69, 9.17) is 19.2 Å². The van der Waals surface area contributed by atoms with E-state index in [9.17, 15) is 0 Å². The molecule has 0 saturated heterocycles. The fraction of sp³-hybridized carbons (Fsp3) is 0. The summed E-state index contributed by atoms with van der Waals surface area (Å²) in [7, 11) is -5.39. The third-order valence-corrected chi connectivity index (χ3v) is 0. The van der Waals surface area contributed by atoms with Gasteiger partial charge in [-0.1, -0.05) is 0 Å². The quantitative estimate of drug-likeness (QED) is 0.281. The second-order valence-electron chi connectivity index (χ2n) is 0.447. The Balaban J connectivity index is -0.0000000800. The Hall–Kier alpha value is 2.27. The fourth-order valence-electron chi connectivity index (χ4n) is 0. The van der Waals surface area contributed by atoms with Gasteiger partial charge in [-0.05, 0) is 0 Å². The van der Waals surface area contributed by atoms with Crippen molar-refractivity contribution in [2.45, 2.75) is 0 Å². The molecule has 0 aliphatic rings. The fourth-order valence-corrected chi connectivity index (χ4v) is 0. The molecule has 4 nitrogen and oxygen atoms in total. The molecule has 0 saturated carbocycles. The van der Waals surface area contributed by atoms with Gasteiger partial charge in [-0.3, -0.25) is 0 Å². The van der Waals surface area contributed by atoms with Gasteiger partial charge < -0.3 is 19.2 Å². The van der Waals surface area contributed by atoms with E-state index in [0.29, 0.717) is 0 Å². The Bertz CT molecular complexity index is 57.8. The smallest absolute Gasteiger partial charge is 0.822 e. The van der Waals surface area contributed by atoms with Gasteiger partial charge in [0.05, 0.1) is 0 Å². The van der Waals surface area contributed by atoms with Crippen molar-refractivity contribution < 1.29 is 87.7 Å². The molecule has 0 aromatic carbocycles. The van der Waals surface area contributed by atoms with Crippen molar-refractivity contribution >= 4 is 7.82 Å². The van der Waals surface area contributed by atoms with Crippen molar-refractivity contribution in [2.24, 2.45) is 0 Å². The minimum Gasteiger partial charge on any atom is -0.822 e. The zero-order chi connectivity index (χ0) is 4.50. The Morgan fingerprint density at radius 3 is 1.14 bits per heavy atom. The van der Waals surface area contributed by atoms with Crippen LogP contribution in [0.25, 0.3) is 0 Å². The van der Waals surface area contributed by atoms with Crippen molar-refractivity contribution in [3.8, 4) is 0 Å². The first-order chi connectivity index (χ1) is 2.00. The van der Waals surface area contributed by atoms with Crippen molar-refractivity contribution in [3.63, 3.8) is 0 Å². The normalized spacial score (nSPS) is 8.43. The van der Waals surface area contributed by atoms with E-state index in [1.165, 1.54) is 0 Å². The van der Waals surface area contributed by atoms with Crippen molar-refractivity contribution in [3.05, 3.63) is 0 Å². The summed E-state index contributed by atoms with van der Waals surface area (Å²) >= 11 is 0. The van der Waals surface area contributed by atoms with Gasteiger partial charge in [0, 0.05) is 0 Å². The molecule has 7 heteroatoms. The molecular weight excluding hydrogens is 190 g/mol. The van der Waals surface area contributed by atoms with Gasteiger partial charge in [-0.2, -0.15) is 7.82 Å². The van der Waals surface area contributed by atoms with Crippen LogP contribution < -0.4 is 66.1 Å². The van der Waals surface area contributed by atoms with E-state index in [1.807, 2.05) is 0 Å². The number of hydrogen-bond donors (Lipinski definition) is 0. The summed E-state index contributed by atoms with van der Waals surface area (Å²) in [6.07, 6.45) is 0. The summed E-state index contributed by atoms with van der Waals surface area (Å²) < 4.78 is 8.55. The minimum absolute atomic E-state index is 0. The molecule has 0 atom stereocenters. The first-order valence-electron chi connectivity index (χ1n) is 0.730. The van der Waals surface area contributed by atoms with E-state index in [0.717, 1.165) is 0 Å². The molecule has 1 radical (unpaired) electrons. The third kappa shape index (κ3) is 63.2. The predicted octanol–water partition coefficient (Wildman–Crippen LogP) is -5.82. The minimum atomic E-state index is -5.39. The van der Waals surface area contributed by atoms with E-state index in [1.54, 1.807) is 0 Å². The van der Waals surface area contributed by atoms with Gasteiger partial charge in [0.1, 0.15) is 0 Å². The van der Waals surface area contributed by atoms with Gasteiger partial charge in [-0.25, -0.2) is 0 Å². The van der Waals surface area contributed by atoms with Crippen LogP contribution in [0.15, 0.2) is 0 Å². The Labute approximate surface area is 93.8 Å². The van der Waals surface area contributed by atoms with Crippen LogP contribution in [0, 0.1) is 0 Å². The molecule has 0 amide bonds. The van der Waals surface area contributed by atoms with Crippen LogP contribution in [0.5, 0.6) is 0 Å². The summed E-state index contributed by atoms with van der Waals surface area (Å²) in [5.41, 5.74) is 0. The molecule has 0 fully saturated rings. The molecular formula is FeKO4P+. The molecule has 0 bridgehead atoms. The van der Waals surface area contributed by atoms with Gasteiger partial charge in [0.25, 0.3) is 0 Å². The second-order valence-corrected chi connectivity index (χ2v) is 1.34. The van der Waals surface area contributed by atoms with Crippen molar-refractivity contribution in [1.82, 2.24) is 0 Å². The molecule has 0 N–H and O–H groups in total. The van der Waals surface area contributed by atoms with E-state index in [-0.39, 0.29) is 68.5 Å². The van der Waals surface area contributed by atoms with Gasteiger partial charge in [0.15, 0.2) is 0 Å². The Morgan fingerprint density at radius 2 is 1.14 bits per heavy atom.